The van der Waals surface area contributed by atoms with Crippen LogP contribution in [-0.2, 0) is 37.3 Å². The molecule has 0 radical (unpaired) electrons. The summed E-state index contributed by atoms with van der Waals surface area (Å²) >= 11 is 0. The molecule has 0 spiro atoms. The van der Waals surface area contributed by atoms with Crippen molar-refractivity contribution in [2.45, 2.75) is 24.0 Å². The van der Waals surface area contributed by atoms with E-state index in [0.717, 1.165) is 0 Å². The van der Waals surface area contributed by atoms with Crippen molar-refractivity contribution in [3.63, 3.8) is 0 Å². The zero-order chi connectivity index (χ0) is 26.3. The van der Waals surface area contributed by atoms with Gasteiger partial charge in [0.05, 0.1) is 13.2 Å². The van der Waals surface area contributed by atoms with Crippen molar-refractivity contribution in [1.29, 1.82) is 0 Å². The number of phosphoric ester groups is 1. The molecule has 1 aromatic rings. The van der Waals surface area contributed by atoms with Crippen molar-refractivity contribution in [2.24, 2.45) is 5.73 Å². The van der Waals surface area contributed by atoms with Crippen LogP contribution in [-0.4, -0.2) is 81.9 Å². The summed E-state index contributed by atoms with van der Waals surface area (Å²) in [6.45, 7) is -2.55. The van der Waals surface area contributed by atoms with Crippen molar-refractivity contribution in [3.8, 4) is 0 Å². The Hall–Kier alpha value is -1.60. The Morgan fingerprint density at radius 3 is 2.24 bits per heavy atom. The number of nitrogens with zero attached hydrogens (tertiary/aromatic N) is 1. The molecule has 1 saturated heterocycles. The molecule has 2 heterocycles. The standard InChI is InChI=1S/C11H18N3O17P3/c12-8(18)4-1-14(10(20)13-9(4)19)11(3-15)7(17)6(16)5(29-11)2-28-33(24,25)31-34(26,27)30-32(21,22)23/h1,5-7,15-17H,2-3H2,(H2,12,18)(H,24,25)(H,26,27)(H,13,19,20)(H2,21,22,23)/t5-,6-,7-,11-/m1/s1. The normalized spacial score (nSPS) is 28.9. The average Bonchev–Trinajstić information content (AvgIpc) is 2.88. The molecule has 1 fully saturated rings. The number of aromatic nitrogens is 2. The number of amides is 1. The Morgan fingerprint density at radius 1 is 1.15 bits per heavy atom. The lowest BCUT2D eigenvalue weighted by Crippen LogP contribution is -2.54. The fourth-order valence-electron chi connectivity index (χ4n) is 2.81. The van der Waals surface area contributed by atoms with Gasteiger partial charge in [-0.1, -0.05) is 0 Å². The molecular formula is C11H18N3O17P3. The maximum absolute atomic E-state index is 12.2. The second-order valence-electron chi connectivity index (χ2n) is 6.52. The summed E-state index contributed by atoms with van der Waals surface area (Å²) in [7, 11) is -17.1. The number of primary amides is 1. The Balaban J connectivity index is 2.30. The number of aliphatic hydroxyl groups is 3. The lowest BCUT2D eigenvalue weighted by Gasteiger charge is -2.32. The van der Waals surface area contributed by atoms with Gasteiger partial charge in [0.2, 0.25) is 5.72 Å². The molecule has 10 N–H and O–H groups in total. The van der Waals surface area contributed by atoms with Crippen LogP contribution in [0.25, 0.3) is 0 Å². The van der Waals surface area contributed by atoms with Crippen LogP contribution in [0, 0.1) is 0 Å². The van der Waals surface area contributed by atoms with Gasteiger partial charge in [-0.3, -0.25) is 23.7 Å². The molecule has 20 nitrogen and oxygen atoms in total. The van der Waals surface area contributed by atoms with E-state index in [2.05, 4.69) is 13.1 Å². The first-order chi connectivity index (χ1) is 15.3. The molecule has 23 heteroatoms. The summed E-state index contributed by atoms with van der Waals surface area (Å²) < 4.78 is 50.6. The van der Waals surface area contributed by atoms with Crippen LogP contribution >= 0.6 is 23.5 Å². The van der Waals surface area contributed by atoms with Gasteiger partial charge < -0.3 is 45.4 Å². The van der Waals surface area contributed by atoms with Crippen molar-refractivity contribution in [2.75, 3.05) is 13.2 Å². The molecule has 34 heavy (non-hydrogen) atoms. The highest BCUT2D eigenvalue weighted by atomic mass is 31.3. The van der Waals surface area contributed by atoms with Crippen LogP contribution in [0.15, 0.2) is 15.8 Å². The summed E-state index contributed by atoms with van der Waals surface area (Å²) in [6, 6.07) is 0. The molecule has 0 aromatic carbocycles. The number of ether oxygens (including phenoxy) is 1. The number of carbonyl (C=O) groups is 1. The first-order valence-corrected chi connectivity index (χ1v) is 13.0. The number of carbonyl (C=O) groups excluding carboxylic acids is 1. The van der Waals surface area contributed by atoms with E-state index < -0.39 is 83.4 Å². The lowest BCUT2D eigenvalue weighted by molar-refractivity contribution is -0.173. The third-order valence-corrected chi connectivity index (χ3v) is 7.98. The van der Waals surface area contributed by atoms with Crippen LogP contribution in [0.5, 0.6) is 0 Å². The number of nitrogens with two attached hydrogens (primary N) is 1. The topological polar surface area (TPSA) is 328 Å². The van der Waals surface area contributed by atoms with Crippen LogP contribution < -0.4 is 17.0 Å². The van der Waals surface area contributed by atoms with E-state index in [9.17, 15) is 48.3 Å². The first-order valence-electron chi connectivity index (χ1n) is 8.43. The van der Waals surface area contributed by atoms with Crippen molar-refractivity contribution in [3.05, 3.63) is 32.6 Å². The number of H-pyrrole nitrogens is 1. The number of hydrogen-bond acceptors (Lipinski definition) is 13. The Labute approximate surface area is 186 Å². The van der Waals surface area contributed by atoms with Gasteiger partial charge >= 0.3 is 29.2 Å². The number of phosphoric acid groups is 3. The third-order valence-electron chi connectivity index (χ3n) is 4.18. The quantitative estimate of drug-likeness (QED) is 0.123. The molecule has 1 amide bonds. The fraction of sp³-hybridized carbons (Fsp3) is 0.545. The highest BCUT2D eigenvalue weighted by Gasteiger charge is 2.56. The zero-order valence-corrected chi connectivity index (χ0v) is 19.0. The molecule has 0 bridgehead atoms. The monoisotopic (exact) mass is 557 g/mol. The first kappa shape index (κ1) is 28.6. The number of nitrogens with one attached hydrogen (secondary N) is 1. The summed E-state index contributed by atoms with van der Waals surface area (Å²) in [4.78, 5) is 72.5. The van der Waals surface area contributed by atoms with E-state index >= 15 is 0 Å². The Bertz CT molecular complexity index is 1210. The van der Waals surface area contributed by atoms with E-state index in [-0.39, 0.29) is 0 Å². The SMILES string of the molecule is NC(=O)c1cn([C@]2(CO)O[C@H](COP(=O)(O)OP(=O)(O)OP(=O)(O)O)[C@@H](O)[C@H]2O)c(=O)[nH]c1=O. The van der Waals surface area contributed by atoms with Gasteiger partial charge in [0.25, 0.3) is 11.5 Å². The van der Waals surface area contributed by atoms with Gasteiger partial charge in [-0.2, -0.15) is 8.62 Å². The van der Waals surface area contributed by atoms with E-state index in [1.165, 1.54) is 0 Å². The van der Waals surface area contributed by atoms with E-state index in [0.29, 0.717) is 10.8 Å². The van der Waals surface area contributed by atoms with E-state index in [4.69, 9.17) is 25.2 Å². The summed E-state index contributed by atoms with van der Waals surface area (Å²) in [6.07, 6.45) is -5.69. The molecule has 0 aliphatic carbocycles. The molecular weight excluding hydrogens is 539 g/mol. The number of hydrogen-bond donors (Lipinski definition) is 9. The molecule has 1 aliphatic rings. The largest absolute Gasteiger partial charge is 0.490 e. The molecule has 2 rings (SSSR count). The number of aliphatic hydroxyl groups excluding tert-OH is 3. The van der Waals surface area contributed by atoms with E-state index in [1.54, 1.807) is 4.98 Å². The van der Waals surface area contributed by atoms with Crippen molar-refractivity contribution < 1.29 is 71.3 Å². The van der Waals surface area contributed by atoms with Gasteiger partial charge in [0, 0.05) is 6.20 Å². The van der Waals surface area contributed by atoms with E-state index in [1.807, 2.05) is 0 Å². The second-order valence-corrected chi connectivity index (χ2v) is 10.9. The van der Waals surface area contributed by atoms with Crippen molar-refractivity contribution in [1.82, 2.24) is 9.55 Å². The minimum atomic E-state index is -5.85. The predicted molar refractivity (Wildman–Crippen MR) is 102 cm³/mol. The minimum absolute atomic E-state index is 0.313. The third kappa shape index (κ3) is 6.34. The van der Waals surface area contributed by atoms with Gasteiger partial charge in [-0.15, -0.1) is 0 Å². The molecule has 1 aliphatic heterocycles. The number of rotatable bonds is 10. The maximum Gasteiger partial charge on any atom is 0.490 e. The van der Waals surface area contributed by atoms with Crippen molar-refractivity contribution >= 4 is 29.4 Å². The lowest BCUT2D eigenvalue weighted by atomic mass is 10.0. The van der Waals surface area contributed by atoms with Crippen LogP contribution in [0.4, 0.5) is 0 Å². The van der Waals surface area contributed by atoms with Crippen LogP contribution in [0.3, 0.4) is 0 Å². The van der Waals surface area contributed by atoms with Gasteiger partial charge in [-0.25, -0.2) is 18.5 Å². The molecule has 0 saturated carbocycles. The maximum atomic E-state index is 12.2. The summed E-state index contributed by atoms with van der Waals surface area (Å²) in [5.74, 6) is -1.32. The zero-order valence-electron chi connectivity index (χ0n) is 16.3. The minimum Gasteiger partial charge on any atom is -0.391 e. The molecule has 1 aromatic heterocycles. The van der Waals surface area contributed by atoms with Crippen LogP contribution in [0.2, 0.25) is 0 Å². The van der Waals surface area contributed by atoms with Gasteiger partial charge in [-0.05, 0) is 0 Å². The summed E-state index contributed by atoms with van der Waals surface area (Å²) in [5.41, 5.74) is -0.974. The molecule has 194 valence electrons. The smallest absolute Gasteiger partial charge is 0.391 e. The van der Waals surface area contributed by atoms with Gasteiger partial charge in [0.1, 0.15) is 23.9 Å². The fourth-order valence-corrected chi connectivity index (χ4v) is 5.84. The Morgan fingerprint density at radius 2 is 1.74 bits per heavy atom. The van der Waals surface area contributed by atoms with Gasteiger partial charge in [0.15, 0.2) is 0 Å². The average molecular weight is 557 g/mol. The predicted octanol–water partition coefficient (Wildman–Crippen LogP) is -4.26. The molecule has 2 unspecified atom stereocenters. The second kappa shape index (κ2) is 9.81. The highest BCUT2D eigenvalue weighted by molar-refractivity contribution is 7.66. The molecule has 6 atom stereocenters. The Kier molecular flexibility index (Phi) is 8.26. The van der Waals surface area contributed by atoms with Crippen LogP contribution in [0.1, 0.15) is 10.4 Å². The highest BCUT2D eigenvalue weighted by Crippen LogP contribution is 2.66. The summed E-state index contributed by atoms with van der Waals surface area (Å²) in [5, 5.41) is 30.4. The number of aromatic amines is 1.